The topological polar surface area (TPSA) is 39.5 Å². The fourth-order valence-electron chi connectivity index (χ4n) is 3.61. The summed E-state index contributed by atoms with van der Waals surface area (Å²) in [6.07, 6.45) is 4.00. The molecular formula is C18H27N3OS. The molecule has 0 spiro atoms. The van der Waals surface area contributed by atoms with Crippen molar-refractivity contribution in [1.29, 1.82) is 5.26 Å². The fourth-order valence-corrected chi connectivity index (χ4v) is 4.36. The quantitative estimate of drug-likeness (QED) is 0.802. The van der Waals surface area contributed by atoms with Gasteiger partial charge in [-0.1, -0.05) is 6.07 Å². The van der Waals surface area contributed by atoms with Gasteiger partial charge in [-0.25, -0.2) is 0 Å². The molecule has 1 aromatic heterocycles. The van der Waals surface area contributed by atoms with E-state index in [0.29, 0.717) is 0 Å². The Morgan fingerprint density at radius 1 is 1.17 bits per heavy atom. The average Bonchev–Trinajstić information content (AvgIpc) is 3.10. The van der Waals surface area contributed by atoms with E-state index in [-0.39, 0.29) is 5.41 Å². The van der Waals surface area contributed by atoms with Crippen LogP contribution in [0.2, 0.25) is 0 Å². The van der Waals surface area contributed by atoms with Crippen LogP contribution in [0.3, 0.4) is 0 Å². The Kier molecular flexibility index (Phi) is 6.07. The van der Waals surface area contributed by atoms with E-state index in [0.717, 1.165) is 78.2 Å². The first-order valence-corrected chi connectivity index (χ1v) is 9.64. The monoisotopic (exact) mass is 333 g/mol. The van der Waals surface area contributed by atoms with Crippen LogP contribution in [0.1, 0.15) is 30.6 Å². The number of thiophene rings is 1. The Hall–Kier alpha value is -0.930. The van der Waals surface area contributed by atoms with Crippen molar-refractivity contribution < 1.29 is 4.74 Å². The van der Waals surface area contributed by atoms with Gasteiger partial charge >= 0.3 is 0 Å². The van der Waals surface area contributed by atoms with E-state index in [1.807, 2.05) is 11.3 Å². The summed E-state index contributed by atoms with van der Waals surface area (Å²) in [6, 6.07) is 6.95. The normalized spacial score (nSPS) is 22.7. The summed E-state index contributed by atoms with van der Waals surface area (Å²) < 4.78 is 5.41. The Balaban J connectivity index is 1.35. The molecule has 0 radical (unpaired) electrons. The molecule has 0 atom stereocenters. The minimum absolute atomic E-state index is 0.112. The third-order valence-corrected chi connectivity index (χ3v) is 6.10. The standard InChI is InChI=1S/C18H27N3OS/c19-16-18(5-12-22-13-6-18)4-2-7-20-8-10-21(11-9-20)15-17-3-1-14-23-17/h1,3,14H,2,4-13,15H2. The van der Waals surface area contributed by atoms with Crippen molar-refractivity contribution in [3.05, 3.63) is 22.4 Å². The maximum atomic E-state index is 9.51. The number of nitrogens with zero attached hydrogens (tertiary/aromatic N) is 3. The van der Waals surface area contributed by atoms with E-state index in [2.05, 4.69) is 33.4 Å². The van der Waals surface area contributed by atoms with Crippen molar-refractivity contribution in [3.63, 3.8) is 0 Å². The number of piperazine rings is 1. The largest absolute Gasteiger partial charge is 0.381 e. The Labute approximate surface area is 143 Å². The second kappa shape index (κ2) is 8.25. The molecular weight excluding hydrogens is 306 g/mol. The predicted molar refractivity (Wildman–Crippen MR) is 93.4 cm³/mol. The van der Waals surface area contributed by atoms with Crippen LogP contribution >= 0.6 is 11.3 Å². The van der Waals surface area contributed by atoms with Crippen LogP contribution in [0.25, 0.3) is 0 Å². The summed E-state index contributed by atoms with van der Waals surface area (Å²) in [5.41, 5.74) is -0.112. The van der Waals surface area contributed by atoms with Crippen LogP contribution in [-0.4, -0.2) is 55.7 Å². The average molecular weight is 334 g/mol. The van der Waals surface area contributed by atoms with Crippen LogP contribution in [0.4, 0.5) is 0 Å². The summed E-state index contributed by atoms with van der Waals surface area (Å²) in [7, 11) is 0. The molecule has 0 saturated carbocycles. The maximum absolute atomic E-state index is 9.51. The maximum Gasteiger partial charge on any atom is 0.0691 e. The van der Waals surface area contributed by atoms with Crippen molar-refractivity contribution in [2.24, 2.45) is 5.41 Å². The van der Waals surface area contributed by atoms with E-state index < -0.39 is 0 Å². The van der Waals surface area contributed by atoms with Crippen molar-refractivity contribution in [2.75, 3.05) is 45.9 Å². The molecule has 0 bridgehead atoms. The summed E-state index contributed by atoms with van der Waals surface area (Å²) >= 11 is 1.85. The summed E-state index contributed by atoms with van der Waals surface area (Å²) in [6.45, 7) is 8.40. The van der Waals surface area contributed by atoms with Gasteiger partial charge in [-0.05, 0) is 43.7 Å². The fraction of sp³-hybridized carbons (Fsp3) is 0.722. The molecule has 3 heterocycles. The van der Waals surface area contributed by atoms with E-state index in [1.54, 1.807) is 0 Å². The minimum atomic E-state index is -0.112. The highest BCUT2D eigenvalue weighted by Gasteiger charge is 2.32. The molecule has 5 heteroatoms. The van der Waals surface area contributed by atoms with Gasteiger partial charge in [0.05, 0.1) is 11.5 Å². The summed E-state index contributed by atoms with van der Waals surface area (Å²) in [4.78, 5) is 6.58. The Morgan fingerprint density at radius 2 is 1.91 bits per heavy atom. The number of rotatable bonds is 6. The smallest absolute Gasteiger partial charge is 0.0691 e. The van der Waals surface area contributed by atoms with Gasteiger partial charge in [0.25, 0.3) is 0 Å². The lowest BCUT2D eigenvalue weighted by Gasteiger charge is -2.35. The molecule has 0 aromatic carbocycles. The summed E-state index contributed by atoms with van der Waals surface area (Å²) in [5, 5.41) is 11.7. The first kappa shape index (κ1) is 16.9. The number of nitriles is 1. The highest BCUT2D eigenvalue weighted by molar-refractivity contribution is 7.09. The molecule has 4 nitrogen and oxygen atoms in total. The van der Waals surface area contributed by atoms with Gasteiger partial charge in [0, 0.05) is 50.8 Å². The lowest BCUT2D eigenvalue weighted by Crippen LogP contribution is -2.46. The Morgan fingerprint density at radius 3 is 2.57 bits per heavy atom. The van der Waals surface area contributed by atoms with E-state index in [9.17, 15) is 5.26 Å². The third-order valence-electron chi connectivity index (χ3n) is 5.24. The van der Waals surface area contributed by atoms with Gasteiger partial charge < -0.3 is 9.64 Å². The second-order valence-corrected chi connectivity index (χ2v) is 7.84. The molecule has 2 aliphatic rings. The molecule has 2 saturated heterocycles. The van der Waals surface area contributed by atoms with Crippen molar-refractivity contribution >= 4 is 11.3 Å². The van der Waals surface area contributed by atoms with E-state index >= 15 is 0 Å². The van der Waals surface area contributed by atoms with Crippen LogP contribution in [0.15, 0.2) is 17.5 Å². The zero-order valence-corrected chi connectivity index (χ0v) is 14.7. The van der Waals surface area contributed by atoms with Crippen molar-refractivity contribution in [3.8, 4) is 6.07 Å². The molecule has 126 valence electrons. The van der Waals surface area contributed by atoms with E-state index in [1.165, 1.54) is 4.88 Å². The van der Waals surface area contributed by atoms with Crippen molar-refractivity contribution in [1.82, 2.24) is 9.80 Å². The lowest BCUT2D eigenvalue weighted by molar-refractivity contribution is 0.0339. The van der Waals surface area contributed by atoms with Gasteiger partial charge in [0.15, 0.2) is 0 Å². The van der Waals surface area contributed by atoms with Crippen molar-refractivity contribution in [2.45, 2.75) is 32.2 Å². The molecule has 23 heavy (non-hydrogen) atoms. The van der Waals surface area contributed by atoms with Gasteiger partial charge in [-0.2, -0.15) is 5.26 Å². The highest BCUT2D eigenvalue weighted by Crippen LogP contribution is 2.34. The molecule has 3 rings (SSSR count). The number of hydrogen-bond acceptors (Lipinski definition) is 5. The van der Waals surface area contributed by atoms with Crippen LogP contribution in [0.5, 0.6) is 0 Å². The third kappa shape index (κ3) is 4.77. The summed E-state index contributed by atoms with van der Waals surface area (Å²) in [5.74, 6) is 0. The molecule has 1 aromatic rings. The second-order valence-electron chi connectivity index (χ2n) is 6.81. The van der Waals surface area contributed by atoms with Gasteiger partial charge in [-0.3, -0.25) is 4.90 Å². The van der Waals surface area contributed by atoms with Gasteiger partial charge in [-0.15, -0.1) is 11.3 Å². The molecule has 0 unspecified atom stereocenters. The predicted octanol–water partition coefficient (Wildman–Crippen LogP) is 2.97. The molecule has 2 aliphatic heterocycles. The molecule has 2 fully saturated rings. The zero-order chi connectivity index (χ0) is 16.0. The van der Waals surface area contributed by atoms with Gasteiger partial charge in [0.2, 0.25) is 0 Å². The molecule has 0 aliphatic carbocycles. The lowest BCUT2D eigenvalue weighted by atomic mass is 9.78. The van der Waals surface area contributed by atoms with E-state index in [4.69, 9.17) is 4.74 Å². The zero-order valence-electron chi connectivity index (χ0n) is 13.9. The van der Waals surface area contributed by atoms with Crippen LogP contribution in [-0.2, 0) is 11.3 Å². The Bertz CT molecular complexity index is 497. The number of ether oxygens (including phenoxy) is 1. The SMILES string of the molecule is N#CC1(CCCN2CCN(Cc3cccs3)CC2)CCOCC1. The number of hydrogen-bond donors (Lipinski definition) is 0. The highest BCUT2D eigenvalue weighted by atomic mass is 32.1. The van der Waals surface area contributed by atoms with Gasteiger partial charge in [0.1, 0.15) is 0 Å². The molecule has 0 N–H and O–H groups in total. The first-order valence-electron chi connectivity index (χ1n) is 8.76. The molecule has 0 amide bonds. The van der Waals surface area contributed by atoms with Crippen LogP contribution < -0.4 is 0 Å². The van der Waals surface area contributed by atoms with Crippen LogP contribution in [0, 0.1) is 16.7 Å². The first-order chi connectivity index (χ1) is 11.3. The minimum Gasteiger partial charge on any atom is -0.381 e.